The summed E-state index contributed by atoms with van der Waals surface area (Å²) in [6.45, 7) is 3.08. The summed E-state index contributed by atoms with van der Waals surface area (Å²) >= 11 is 5.13. The smallest absolute Gasteiger partial charge is 0.229 e. The van der Waals surface area contributed by atoms with Crippen molar-refractivity contribution in [2.24, 2.45) is 13.0 Å². The van der Waals surface area contributed by atoms with E-state index in [-0.39, 0.29) is 11.0 Å². The first-order chi connectivity index (χ1) is 9.21. The minimum atomic E-state index is -1.18. The Morgan fingerprint density at radius 2 is 2.25 bits per heavy atom. The second-order valence-electron chi connectivity index (χ2n) is 5.06. The maximum atomic E-state index is 12.1. The van der Waals surface area contributed by atoms with E-state index in [1.807, 2.05) is 0 Å². The average molecular weight is 317 g/mol. The van der Waals surface area contributed by atoms with Crippen LogP contribution in [-0.2, 0) is 16.6 Å². The minimum absolute atomic E-state index is 0.265. The summed E-state index contributed by atoms with van der Waals surface area (Å²) < 4.78 is 1.36. The average Bonchev–Trinajstić information content (AvgIpc) is 2.70. The Bertz CT molecular complexity index is 541. The zero-order valence-corrected chi connectivity index (χ0v) is 12.9. The van der Waals surface area contributed by atoms with Gasteiger partial charge in [-0.3, -0.25) is 9.59 Å². The Kier molecular flexibility index (Phi) is 4.07. The molecular weight excluding hydrogens is 302 g/mol. The molecule has 0 saturated carbocycles. The van der Waals surface area contributed by atoms with Gasteiger partial charge in [0, 0.05) is 7.05 Å². The molecule has 0 aliphatic carbocycles. The zero-order valence-electron chi connectivity index (χ0n) is 11.1. The molecule has 1 saturated heterocycles. The van der Waals surface area contributed by atoms with Gasteiger partial charge in [0.15, 0.2) is 5.82 Å². The van der Waals surface area contributed by atoms with Crippen LogP contribution >= 0.6 is 24.4 Å². The first-order valence-electron chi connectivity index (χ1n) is 5.85. The van der Waals surface area contributed by atoms with Gasteiger partial charge >= 0.3 is 0 Å². The van der Waals surface area contributed by atoms with Crippen LogP contribution in [0.2, 0.25) is 0 Å². The highest BCUT2D eigenvalue weighted by Gasteiger charge is 2.50. The lowest BCUT2D eigenvalue weighted by atomic mass is 9.85. The van der Waals surface area contributed by atoms with Crippen molar-refractivity contribution in [2.45, 2.75) is 30.1 Å². The van der Waals surface area contributed by atoms with Gasteiger partial charge in [-0.15, -0.1) is 5.10 Å². The van der Waals surface area contributed by atoms with Gasteiger partial charge in [-0.05, 0) is 24.3 Å². The molecule has 110 valence electrons. The number of carbonyl (C=O) groups is 2. The third-order valence-corrected chi connectivity index (χ3v) is 4.75. The number of aryl methyl sites for hydroxylation is 1. The summed E-state index contributed by atoms with van der Waals surface area (Å²) in [6.07, 6.45) is 0. The molecule has 2 N–H and O–H groups in total. The monoisotopic (exact) mass is 317 g/mol. The van der Waals surface area contributed by atoms with Gasteiger partial charge in [-0.2, -0.15) is 12.6 Å². The zero-order chi connectivity index (χ0) is 15.1. The van der Waals surface area contributed by atoms with Crippen LogP contribution in [0.4, 0.5) is 0 Å². The lowest BCUT2D eigenvalue weighted by Gasteiger charge is -2.42. The van der Waals surface area contributed by atoms with Crippen LogP contribution in [0.15, 0.2) is 0 Å². The van der Waals surface area contributed by atoms with E-state index in [4.69, 9.17) is 0 Å². The van der Waals surface area contributed by atoms with Gasteiger partial charge in [-0.1, -0.05) is 11.8 Å². The maximum absolute atomic E-state index is 12.1. The molecule has 0 aromatic carbocycles. The normalized spacial score (nSPS) is 23.9. The van der Waals surface area contributed by atoms with Gasteiger partial charge < -0.3 is 10.4 Å². The number of hydrogen-bond donors (Lipinski definition) is 3. The molecular formula is C10H15N5O3S2. The predicted octanol–water partition coefficient (Wildman–Crippen LogP) is -0.716. The molecule has 1 aromatic heterocycles. The molecule has 3 atom stereocenters. The van der Waals surface area contributed by atoms with E-state index >= 15 is 0 Å². The molecule has 1 aliphatic heterocycles. The molecule has 2 heterocycles. The van der Waals surface area contributed by atoms with Gasteiger partial charge in [0.2, 0.25) is 11.0 Å². The fraction of sp³-hybridized carbons (Fsp3) is 0.700. The standard InChI is InChI=1S/C10H15N5O3S2/c1-10(2,18)4-7(16)11-8(4)20-9(17)5(19)6-12-13-14-15(6)3/h4-5,8,18-19H,1-3H3,(H,11,16). The number of nitrogens with zero attached hydrogens (tertiary/aromatic N) is 4. The number of tetrazole rings is 1. The Morgan fingerprint density at radius 1 is 1.60 bits per heavy atom. The van der Waals surface area contributed by atoms with Crippen LogP contribution in [0.5, 0.6) is 0 Å². The summed E-state index contributed by atoms with van der Waals surface area (Å²) in [5.41, 5.74) is -1.18. The molecule has 2 rings (SSSR count). The summed E-state index contributed by atoms with van der Waals surface area (Å²) in [6, 6.07) is 0. The van der Waals surface area contributed by atoms with Crippen molar-refractivity contribution in [3.8, 4) is 0 Å². The molecule has 0 spiro atoms. The number of aromatic nitrogens is 4. The maximum Gasteiger partial charge on any atom is 0.229 e. The first-order valence-corrected chi connectivity index (χ1v) is 7.25. The summed E-state index contributed by atoms with van der Waals surface area (Å²) in [4.78, 5) is 23.6. The number of β-lactam (4-membered cyclic amide) rings is 1. The van der Waals surface area contributed by atoms with Crippen molar-refractivity contribution in [1.29, 1.82) is 0 Å². The number of thioether (sulfide) groups is 1. The molecule has 0 radical (unpaired) electrons. The number of amides is 1. The number of rotatable bonds is 4. The van der Waals surface area contributed by atoms with Crippen LogP contribution in [0, 0.1) is 5.92 Å². The molecule has 0 bridgehead atoms. The van der Waals surface area contributed by atoms with Gasteiger partial charge in [0.1, 0.15) is 5.25 Å². The number of thiol groups is 1. The second-order valence-corrected chi connectivity index (χ2v) is 6.72. The topological polar surface area (TPSA) is 110 Å². The highest BCUT2D eigenvalue weighted by molar-refractivity contribution is 8.15. The number of nitrogens with one attached hydrogen (secondary N) is 1. The molecule has 10 heteroatoms. The van der Waals surface area contributed by atoms with Crippen LogP contribution < -0.4 is 5.32 Å². The molecule has 1 aliphatic rings. The predicted molar refractivity (Wildman–Crippen MR) is 74.8 cm³/mol. The quantitative estimate of drug-likeness (QED) is 0.497. The second kappa shape index (κ2) is 5.34. The summed E-state index contributed by atoms with van der Waals surface area (Å²) in [5, 5.41) is 21.8. The molecule has 8 nitrogen and oxygen atoms in total. The Balaban J connectivity index is 2.02. The van der Waals surface area contributed by atoms with Crippen molar-refractivity contribution >= 4 is 35.4 Å². The largest absolute Gasteiger partial charge is 0.390 e. The molecule has 1 fully saturated rings. The van der Waals surface area contributed by atoms with Crippen LogP contribution in [0.1, 0.15) is 24.9 Å². The highest BCUT2D eigenvalue weighted by atomic mass is 32.2. The molecule has 1 amide bonds. The lowest BCUT2D eigenvalue weighted by molar-refractivity contribution is -0.143. The SMILES string of the molecule is Cn1nnnc1C(S)C(=O)SC1NC(=O)C1C(C)(C)O. The third-order valence-electron chi connectivity index (χ3n) is 2.99. The number of carbonyl (C=O) groups excluding carboxylic acids is 2. The summed E-state index contributed by atoms with van der Waals surface area (Å²) in [7, 11) is 1.61. The first kappa shape index (κ1) is 15.3. The van der Waals surface area contributed by atoms with E-state index in [2.05, 4.69) is 33.5 Å². The van der Waals surface area contributed by atoms with Crippen molar-refractivity contribution < 1.29 is 14.7 Å². The van der Waals surface area contributed by atoms with Crippen molar-refractivity contribution in [3.05, 3.63) is 5.82 Å². The minimum Gasteiger partial charge on any atom is -0.390 e. The summed E-state index contributed by atoms with van der Waals surface area (Å²) in [5.74, 6) is -0.565. The van der Waals surface area contributed by atoms with E-state index < -0.39 is 22.1 Å². The highest BCUT2D eigenvalue weighted by Crippen LogP contribution is 2.37. The van der Waals surface area contributed by atoms with E-state index in [1.54, 1.807) is 20.9 Å². The Labute approximate surface area is 125 Å². The van der Waals surface area contributed by atoms with Gasteiger partial charge in [0.25, 0.3) is 0 Å². The van der Waals surface area contributed by atoms with E-state index in [0.29, 0.717) is 5.82 Å². The molecule has 1 aromatic rings. The van der Waals surface area contributed by atoms with Crippen LogP contribution in [-0.4, -0.2) is 47.3 Å². The van der Waals surface area contributed by atoms with Gasteiger partial charge in [-0.25, -0.2) is 4.68 Å². The van der Waals surface area contributed by atoms with Crippen molar-refractivity contribution in [3.63, 3.8) is 0 Å². The van der Waals surface area contributed by atoms with Crippen molar-refractivity contribution in [1.82, 2.24) is 25.5 Å². The van der Waals surface area contributed by atoms with Crippen molar-refractivity contribution in [2.75, 3.05) is 0 Å². The fourth-order valence-corrected chi connectivity index (χ4v) is 3.56. The van der Waals surface area contributed by atoms with Crippen LogP contribution in [0.3, 0.4) is 0 Å². The number of aliphatic hydroxyl groups is 1. The molecule has 20 heavy (non-hydrogen) atoms. The molecule has 3 unspecified atom stereocenters. The number of hydrogen-bond acceptors (Lipinski definition) is 8. The van der Waals surface area contributed by atoms with Crippen LogP contribution in [0.25, 0.3) is 0 Å². The van der Waals surface area contributed by atoms with E-state index in [1.165, 1.54) is 4.68 Å². The Hall–Kier alpha value is -1.13. The van der Waals surface area contributed by atoms with E-state index in [0.717, 1.165) is 11.8 Å². The Morgan fingerprint density at radius 3 is 2.70 bits per heavy atom. The van der Waals surface area contributed by atoms with Gasteiger partial charge in [0.05, 0.1) is 16.9 Å². The third kappa shape index (κ3) is 2.81. The van der Waals surface area contributed by atoms with E-state index in [9.17, 15) is 14.7 Å². The lowest BCUT2D eigenvalue weighted by Crippen LogP contribution is -2.64. The fourth-order valence-electron chi connectivity index (χ4n) is 1.91.